The first-order chi connectivity index (χ1) is 10.0. The molecule has 0 radical (unpaired) electrons. The van der Waals surface area contributed by atoms with Crippen LogP contribution in [0.1, 0.15) is 18.3 Å². The number of nitrogens with two attached hydrogens (primary N) is 1. The monoisotopic (exact) mass is 348 g/mol. The molecule has 0 fully saturated rings. The lowest BCUT2D eigenvalue weighted by atomic mass is 10.0. The van der Waals surface area contributed by atoms with Crippen molar-refractivity contribution in [3.05, 3.63) is 52.4 Å². The molecule has 1 aromatic carbocycles. The Hall–Kier alpha value is -1.95. The van der Waals surface area contributed by atoms with E-state index in [4.69, 9.17) is 5.73 Å². The summed E-state index contributed by atoms with van der Waals surface area (Å²) in [6.45, 7) is 2.19. The number of nitrogens with one attached hydrogen (secondary N) is 1. The molecule has 0 saturated carbocycles. The molecule has 21 heavy (non-hydrogen) atoms. The molecule has 0 aliphatic carbocycles. The predicted octanol–water partition coefficient (Wildman–Crippen LogP) is 2.32. The third-order valence-electron chi connectivity index (χ3n) is 3.05. The zero-order valence-electron chi connectivity index (χ0n) is 11.7. The molecular formula is C15H17BrN4O. The molecule has 0 saturated heterocycles. The molecule has 0 spiro atoms. The summed E-state index contributed by atoms with van der Waals surface area (Å²) in [7, 11) is 0. The van der Waals surface area contributed by atoms with Gasteiger partial charge in [-0.2, -0.15) is 0 Å². The van der Waals surface area contributed by atoms with Crippen LogP contribution < -0.4 is 11.1 Å². The number of hydrogen-bond acceptors (Lipinski definition) is 4. The average Bonchev–Trinajstić information content (AvgIpc) is 2.47. The molecule has 1 atom stereocenters. The number of carbonyl (C=O) groups excluding carboxylic acids is 1. The van der Waals surface area contributed by atoms with Gasteiger partial charge in [-0.15, -0.1) is 0 Å². The van der Waals surface area contributed by atoms with Crippen molar-refractivity contribution in [2.24, 2.45) is 5.92 Å². The molecule has 1 heterocycles. The number of halogens is 1. The zero-order chi connectivity index (χ0) is 15.2. The molecule has 3 N–H and O–H groups in total. The number of hydrogen-bond donors (Lipinski definition) is 2. The molecule has 110 valence electrons. The van der Waals surface area contributed by atoms with Crippen molar-refractivity contribution in [3.8, 4) is 0 Å². The number of aromatic nitrogens is 2. The van der Waals surface area contributed by atoms with E-state index < -0.39 is 0 Å². The highest BCUT2D eigenvalue weighted by Crippen LogP contribution is 2.14. The summed E-state index contributed by atoms with van der Waals surface area (Å²) < 4.78 is 1.03. The number of carbonyl (C=O) groups is 1. The smallest absolute Gasteiger partial charge is 0.223 e. The molecule has 1 amide bonds. The van der Waals surface area contributed by atoms with Gasteiger partial charge >= 0.3 is 0 Å². The van der Waals surface area contributed by atoms with Gasteiger partial charge in [-0.25, -0.2) is 9.97 Å². The van der Waals surface area contributed by atoms with Crippen molar-refractivity contribution in [1.29, 1.82) is 0 Å². The maximum Gasteiger partial charge on any atom is 0.223 e. The Bertz CT molecular complexity index is 615. The molecule has 6 heteroatoms. The fourth-order valence-electron chi connectivity index (χ4n) is 1.91. The van der Waals surface area contributed by atoms with Crippen LogP contribution in [0.5, 0.6) is 0 Å². The highest BCUT2D eigenvalue weighted by atomic mass is 79.9. The second kappa shape index (κ2) is 7.17. The molecular weight excluding hydrogens is 332 g/mol. The molecule has 1 unspecified atom stereocenters. The van der Waals surface area contributed by atoms with Gasteiger partial charge in [-0.3, -0.25) is 4.79 Å². The van der Waals surface area contributed by atoms with E-state index in [1.807, 2.05) is 31.2 Å². The standard InChI is InChI=1S/C15H17BrN4O/c1-10(8-11-2-4-12(16)5-3-11)15(21)19-9-14-18-7-6-13(17)20-14/h2-7,10H,8-9H2,1H3,(H,19,21)(H2,17,18,20). The Morgan fingerprint density at radius 3 is 2.71 bits per heavy atom. The number of anilines is 1. The highest BCUT2D eigenvalue weighted by molar-refractivity contribution is 9.10. The fourth-order valence-corrected chi connectivity index (χ4v) is 2.17. The van der Waals surface area contributed by atoms with E-state index in [1.165, 1.54) is 0 Å². The van der Waals surface area contributed by atoms with E-state index in [-0.39, 0.29) is 18.4 Å². The van der Waals surface area contributed by atoms with Crippen molar-refractivity contribution in [1.82, 2.24) is 15.3 Å². The van der Waals surface area contributed by atoms with Crippen molar-refractivity contribution < 1.29 is 4.79 Å². The fraction of sp³-hybridized carbons (Fsp3) is 0.267. The van der Waals surface area contributed by atoms with Gasteiger partial charge in [-0.1, -0.05) is 35.0 Å². The average molecular weight is 349 g/mol. The molecule has 1 aromatic heterocycles. The Labute approximate surface area is 132 Å². The van der Waals surface area contributed by atoms with E-state index in [2.05, 4.69) is 31.2 Å². The molecule has 5 nitrogen and oxygen atoms in total. The normalized spacial score (nSPS) is 11.9. The molecule has 0 aliphatic heterocycles. The van der Waals surface area contributed by atoms with Crippen LogP contribution >= 0.6 is 15.9 Å². The van der Waals surface area contributed by atoms with Gasteiger partial charge in [0, 0.05) is 16.6 Å². The minimum Gasteiger partial charge on any atom is -0.384 e. The lowest BCUT2D eigenvalue weighted by Crippen LogP contribution is -2.30. The van der Waals surface area contributed by atoms with E-state index in [0.717, 1.165) is 10.0 Å². The number of nitrogens with zero attached hydrogens (tertiary/aromatic N) is 2. The SMILES string of the molecule is CC(Cc1ccc(Br)cc1)C(=O)NCc1nccc(N)n1. The molecule has 0 aliphatic rings. The van der Waals surface area contributed by atoms with Crippen LogP contribution in [0, 0.1) is 5.92 Å². The summed E-state index contributed by atoms with van der Waals surface area (Å²) in [6.07, 6.45) is 2.27. The third kappa shape index (κ3) is 4.82. The largest absolute Gasteiger partial charge is 0.384 e. The maximum absolute atomic E-state index is 12.1. The zero-order valence-corrected chi connectivity index (χ0v) is 13.3. The van der Waals surface area contributed by atoms with E-state index in [9.17, 15) is 4.79 Å². The Morgan fingerprint density at radius 2 is 2.05 bits per heavy atom. The van der Waals surface area contributed by atoms with Crippen LogP contribution in [-0.4, -0.2) is 15.9 Å². The van der Waals surface area contributed by atoms with E-state index in [0.29, 0.717) is 18.1 Å². The van der Waals surface area contributed by atoms with E-state index >= 15 is 0 Å². The number of benzene rings is 1. The second-order valence-electron chi connectivity index (χ2n) is 4.85. The van der Waals surface area contributed by atoms with Gasteiger partial charge in [0.25, 0.3) is 0 Å². The highest BCUT2D eigenvalue weighted by Gasteiger charge is 2.13. The number of rotatable bonds is 5. The summed E-state index contributed by atoms with van der Waals surface area (Å²) >= 11 is 3.39. The topological polar surface area (TPSA) is 80.9 Å². The molecule has 2 aromatic rings. The van der Waals surface area contributed by atoms with Gasteiger partial charge in [0.1, 0.15) is 11.6 Å². The Morgan fingerprint density at radius 1 is 1.33 bits per heavy atom. The molecule has 2 rings (SSSR count). The second-order valence-corrected chi connectivity index (χ2v) is 5.76. The van der Waals surface area contributed by atoms with Gasteiger partial charge in [-0.05, 0) is 30.2 Å². The minimum atomic E-state index is -0.118. The van der Waals surface area contributed by atoms with Gasteiger partial charge < -0.3 is 11.1 Å². The minimum absolute atomic E-state index is 0.0241. The first-order valence-corrected chi connectivity index (χ1v) is 7.43. The van der Waals surface area contributed by atoms with E-state index in [1.54, 1.807) is 12.3 Å². The number of nitrogen functional groups attached to an aromatic ring is 1. The van der Waals surface area contributed by atoms with Gasteiger partial charge in [0.2, 0.25) is 5.91 Å². The summed E-state index contributed by atoms with van der Waals surface area (Å²) in [5.74, 6) is 0.771. The molecule has 0 bridgehead atoms. The lowest BCUT2D eigenvalue weighted by molar-refractivity contribution is -0.124. The van der Waals surface area contributed by atoms with Gasteiger partial charge in [0.15, 0.2) is 0 Å². The van der Waals surface area contributed by atoms with Crippen LogP contribution in [0.4, 0.5) is 5.82 Å². The summed E-state index contributed by atoms with van der Waals surface area (Å²) in [6, 6.07) is 9.58. The summed E-state index contributed by atoms with van der Waals surface area (Å²) in [5, 5.41) is 2.83. The quantitative estimate of drug-likeness (QED) is 0.868. The van der Waals surface area contributed by atoms with Crippen LogP contribution in [0.15, 0.2) is 41.0 Å². The number of amides is 1. The van der Waals surface area contributed by atoms with Crippen molar-refractivity contribution in [2.75, 3.05) is 5.73 Å². The summed E-state index contributed by atoms with van der Waals surface area (Å²) in [5.41, 5.74) is 6.70. The lowest BCUT2D eigenvalue weighted by Gasteiger charge is -2.12. The van der Waals surface area contributed by atoms with Crippen LogP contribution in [-0.2, 0) is 17.8 Å². The van der Waals surface area contributed by atoms with Crippen molar-refractivity contribution in [2.45, 2.75) is 19.9 Å². The first kappa shape index (κ1) is 15.4. The Balaban J connectivity index is 1.86. The first-order valence-electron chi connectivity index (χ1n) is 6.64. The van der Waals surface area contributed by atoms with Crippen LogP contribution in [0.25, 0.3) is 0 Å². The maximum atomic E-state index is 12.1. The van der Waals surface area contributed by atoms with Crippen molar-refractivity contribution >= 4 is 27.7 Å². The third-order valence-corrected chi connectivity index (χ3v) is 3.58. The Kier molecular flexibility index (Phi) is 5.27. The predicted molar refractivity (Wildman–Crippen MR) is 85.3 cm³/mol. The van der Waals surface area contributed by atoms with Crippen molar-refractivity contribution in [3.63, 3.8) is 0 Å². The summed E-state index contributed by atoms with van der Waals surface area (Å²) in [4.78, 5) is 20.2. The van der Waals surface area contributed by atoms with Gasteiger partial charge in [0.05, 0.1) is 6.54 Å². The van der Waals surface area contributed by atoms with Crippen LogP contribution in [0.3, 0.4) is 0 Å². The van der Waals surface area contributed by atoms with Crippen LogP contribution in [0.2, 0.25) is 0 Å².